The van der Waals surface area contributed by atoms with E-state index in [0.29, 0.717) is 23.4 Å². The van der Waals surface area contributed by atoms with Crippen molar-refractivity contribution < 1.29 is 9.18 Å². The second-order valence-corrected chi connectivity index (χ2v) is 8.99. The largest absolute Gasteiger partial charge is 0.347 e. The van der Waals surface area contributed by atoms with Crippen LogP contribution in [0.1, 0.15) is 44.0 Å². The number of unbranched alkanes of at least 4 members (excludes halogenated alkanes) is 1. The van der Waals surface area contributed by atoms with Crippen molar-refractivity contribution >= 4 is 22.5 Å². The Balaban J connectivity index is 1.67. The molecule has 0 bridgehead atoms. The number of halogens is 1. The van der Waals surface area contributed by atoms with Crippen molar-refractivity contribution in [3.8, 4) is 17.3 Å². The van der Waals surface area contributed by atoms with Crippen LogP contribution in [-0.2, 0) is 12.1 Å². The number of nitriles is 1. The molecule has 0 atom stereocenters. The number of carbonyl (C=O) groups excluding carboxylic acids is 1. The van der Waals surface area contributed by atoms with Crippen LogP contribution < -0.4 is 5.32 Å². The van der Waals surface area contributed by atoms with Crippen molar-refractivity contribution in [3.63, 3.8) is 0 Å². The molecular weight excluding hydrogens is 417 g/mol. The van der Waals surface area contributed by atoms with E-state index in [1.165, 1.54) is 12.1 Å². The summed E-state index contributed by atoms with van der Waals surface area (Å²) >= 11 is 0. The highest BCUT2D eigenvalue weighted by molar-refractivity contribution is 6.08. The van der Waals surface area contributed by atoms with Crippen LogP contribution in [0, 0.1) is 17.1 Å². The van der Waals surface area contributed by atoms with Gasteiger partial charge in [-0.25, -0.2) is 4.39 Å². The van der Waals surface area contributed by atoms with Crippen LogP contribution >= 0.6 is 0 Å². The van der Waals surface area contributed by atoms with E-state index in [2.05, 4.69) is 21.1 Å². The Hall–Kier alpha value is -3.92. The van der Waals surface area contributed by atoms with Crippen LogP contribution in [0.15, 0.2) is 60.9 Å². The van der Waals surface area contributed by atoms with Crippen molar-refractivity contribution in [2.45, 2.75) is 45.7 Å². The average molecular weight is 444 g/mol. The van der Waals surface area contributed by atoms with Gasteiger partial charge in [-0.05, 0) is 75.0 Å². The van der Waals surface area contributed by atoms with Crippen molar-refractivity contribution in [2.24, 2.45) is 0 Å². The first-order valence-corrected chi connectivity index (χ1v) is 10.9. The number of hydrogen-bond acceptors (Lipinski definition) is 3. The van der Waals surface area contributed by atoms with E-state index in [9.17, 15) is 9.18 Å². The van der Waals surface area contributed by atoms with Gasteiger partial charge in [0, 0.05) is 30.4 Å². The molecule has 0 fully saturated rings. The topological polar surface area (TPSA) is 75.6 Å². The summed E-state index contributed by atoms with van der Waals surface area (Å²) in [6.07, 6.45) is 4.82. The van der Waals surface area contributed by atoms with E-state index >= 15 is 0 Å². The highest BCUT2D eigenvalue weighted by Gasteiger charge is 2.25. The fourth-order valence-electron chi connectivity index (χ4n) is 3.89. The Kier molecular flexibility index (Phi) is 6.01. The predicted molar refractivity (Wildman–Crippen MR) is 127 cm³/mol. The van der Waals surface area contributed by atoms with Gasteiger partial charge >= 0.3 is 0 Å². The van der Waals surface area contributed by atoms with Crippen LogP contribution in [0.4, 0.5) is 10.1 Å². The summed E-state index contributed by atoms with van der Waals surface area (Å²) in [7, 11) is 0. The quantitative estimate of drug-likeness (QED) is 0.374. The van der Waals surface area contributed by atoms with E-state index < -0.39 is 0 Å². The fraction of sp³-hybridized carbons (Fsp3) is 0.269. The number of nitrogens with one attached hydrogen (secondary N) is 1. The number of nitrogens with zero attached hydrogens (tertiary/aromatic N) is 4. The van der Waals surface area contributed by atoms with E-state index in [0.717, 1.165) is 29.4 Å². The Bertz CT molecular complexity index is 1340. The maximum atomic E-state index is 13.5. The van der Waals surface area contributed by atoms with Gasteiger partial charge in [-0.2, -0.15) is 10.4 Å². The molecule has 1 amide bonds. The highest BCUT2D eigenvalue weighted by atomic mass is 19.1. The number of aryl methyl sites for hydroxylation is 1. The molecule has 4 rings (SSSR count). The number of rotatable bonds is 6. The normalized spacial score (nSPS) is 11.5. The molecule has 4 aromatic rings. The molecule has 2 heterocycles. The lowest BCUT2D eigenvalue weighted by Crippen LogP contribution is -2.24. The van der Waals surface area contributed by atoms with Gasteiger partial charge in [0.25, 0.3) is 5.91 Å². The zero-order chi connectivity index (χ0) is 23.6. The zero-order valence-electron chi connectivity index (χ0n) is 19.0. The molecule has 0 aliphatic carbocycles. The van der Waals surface area contributed by atoms with E-state index in [-0.39, 0.29) is 17.3 Å². The molecule has 0 unspecified atom stereocenters. The maximum Gasteiger partial charge on any atom is 0.259 e. The Morgan fingerprint density at radius 1 is 1.15 bits per heavy atom. The summed E-state index contributed by atoms with van der Waals surface area (Å²) in [6.45, 7) is 6.75. The van der Waals surface area contributed by atoms with Gasteiger partial charge in [-0.3, -0.25) is 9.48 Å². The minimum absolute atomic E-state index is 0.285. The summed E-state index contributed by atoms with van der Waals surface area (Å²) in [5.74, 6) is -0.621. The Morgan fingerprint density at radius 3 is 2.61 bits per heavy atom. The smallest absolute Gasteiger partial charge is 0.259 e. The lowest BCUT2D eigenvalue weighted by Gasteiger charge is -2.23. The molecule has 0 aliphatic rings. The highest BCUT2D eigenvalue weighted by Crippen LogP contribution is 2.30. The molecule has 0 aliphatic heterocycles. The molecule has 1 N–H and O–H groups in total. The van der Waals surface area contributed by atoms with Crippen molar-refractivity contribution in [1.29, 1.82) is 5.26 Å². The predicted octanol–water partition coefficient (Wildman–Crippen LogP) is 5.95. The molecule has 168 valence electrons. The van der Waals surface area contributed by atoms with Crippen molar-refractivity contribution in [1.82, 2.24) is 14.3 Å². The van der Waals surface area contributed by atoms with Crippen molar-refractivity contribution in [3.05, 3.63) is 72.3 Å². The second-order valence-electron chi connectivity index (χ2n) is 8.99. The van der Waals surface area contributed by atoms with Gasteiger partial charge in [0.2, 0.25) is 0 Å². The van der Waals surface area contributed by atoms with Gasteiger partial charge in [0.1, 0.15) is 5.82 Å². The molecule has 2 aromatic heterocycles. The summed E-state index contributed by atoms with van der Waals surface area (Å²) < 4.78 is 17.4. The molecule has 0 saturated heterocycles. The molecule has 7 heteroatoms. The molecule has 0 saturated carbocycles. The number of fused-ring (bicyclic) bond motifs is 1. The summed E-state index contributed by atoms with van der Waals surface area (Å²) in [4.78, 5) is 13.3. The maximum absolute atomic E-state index is 13.5. The van der Waals surface area contributed by atoms with Crippen LogP contribution in [0.3, 0.4) is 0 Å². The van der Waals surface area contributed by atoms with Gasteiger partial charge < -0.3 is 9.88 Å². The number of amides is 1. The minimum atomic E-state index is -0.370. The SMILES string of the molecule is CC(C)(C)n1ncc(C(=O)Nc2ccc3ccn(CCCC#N)c3c2)c1-c1ccc(F)cc1. The van der Waals surface area contributed by atoms with Crippen LogP contribution in [0.5, 0.6) is 0 Å². The first-order chi connectivity index (χ1) is 15.8. The number of aromatic nitrogens is 3. The van der Waals surface area contributed by atoms with Crippen molar-refractivity contribution in [2.75, 3.05) is 5.32 Å². The number of benzene rings is 2. The fourth-order valence-corrected chi connectivity index (χ4v) is 3.89. The first kappa shape index (κ1) is 22.3. The third-order valence-electron chi connectivity index (χ3n) is 5.49. The third-order valence-corrected chi connectivity index (χ3v) is 5.49. The van der Waals surface area contributed by atoms with Crippen LogP contribution in [0.25, 0.3) is 22.2 Å². The minimum Gasteiger partial charge on any atom is -0.347 e. The molecule has 6 nitrogen and oxygen atoms in total. The Labute approximate surface area is 192 Å². The Morgan fingerprint density at radius 2 is 1.91 bits per heavy atom. The number of hydrogen-bond donors (Lipinski definition) is 1. The van der Waals surface area contributed by atoms with Gasteiger partial charge in [0.05, 0.1) is 34.6 Å². The monoisotopic (exact) mass is 443 g/mol. The van der Waals surface area contributed by atoms with Gasteiger partial charge in [-0.1, -0.05) is 6.07 Å². The molecule has 2 aromatic carbocycles. The first-order valence-electron chi connectivity index (χ1n) is 10.9. The molecule has 0 radical (unpaired) electrons. The third kappa shape index (κ3) is 4.65. The summed E-state index contributed by atoms with van der Waals surface area (Å²) in [5, 5.41) is 17.3. The van der Waals surface area contributed by atoms with E-state index in [1.54, 1.807) is 23.0 Å². The molecule has 33 heavy (non-hydrogen) atoms. The standard InChI is InChI=1S/C26H26FN5O/c1-26(2,3)32-24(19-6-9-20(27)10-7-19)22(17-29-32)25(33)30-21-11-8-18-12-15-31(23(18)16-21)14-5-4-13-28/h6-12,15-17H,4-5,14H2,1-3H3,(H,30,33). The second kappa shape index (κ2) is 8.91. The molecular formula is C26H26FN5O. The zero-order valence-corrected chi connectivity index (χ0v) is 19.0. The molecule has 0 spiro atoms. The lowest BCUT2D eigenvalue weighted by molar-refractivity contribution is 0.102. The van der Waals surface area contributed by atoms with Crippen LogP contribution in [-0.4, -0.2) is 20.3 Å². The summed E-state index contributed by atoms with van der Waals surface area (Å²) in [6, 6.07) is 16.0. The number of anilines is 1. The average Bonchev–Trinajstić information content (AvgIpc) is 3.39. The van der Waals surface area contributed by atoms with E-state index in [4.69, 9.17) is 5.26 Å². The van der Waals surface area contributed by atoms with E-state index in [1.807, 2.05) is 51.2 Å². The number of carbonyl (C=O) groups is 1. The van der Waals surface area contributed by atoms with Gasteiger partial charge in [-0.15, -0.1) is 0 Å². The lowest BCUT2D eigenvalue weighted by atomic mass is 10.0. The summed E-state index contributed by atoms with van der Waals surface area (Å²) in [5.41, 5.74) is 3.07. The van der Waals surface area contributed by atoms with Crippen LogP contribution in [0.2, 0.25) is 0 Å². The van der Waals surface area contributed by atoms with Gasteiger partial charge in [0.15, 0.2) is 0 Å².